The van der Waals surface area contributed by atoms with Crippen molar-refractivity contribution >= 4 is 23.0 Å². The maximum atomic E-state index is 5.78. The van der Waals surface area contributed by atoms with Gasteiger partial charge in [-0.15, -0.1) is 11.6 Å². The maximum absolute atomic E-state index is 5.78. The summed E-state index contributed by atoms with van der Waals surface area (Å²) in [5, 5.41) is 0. The van der Waals surface area contributed by atoms with Crippen LogP contribution < -0.4 is 9.80 Å². The van der Waals surface area contributed by atoms with Crippen molar-refractivity contribution in [1.29, 1.82) is 0 Å². The van der Waals surface area contributed by atoms with E-state index in [0.29, 0.717) is 0 Å². The van der Waals surface area contributed by atoms with Crippen LogP contribution in [0.3, 0.4) is 0 Å². The molecule has 1 fully saturated rings. The largest absolute Gasteiger partial charge is 0.378 e. The van der Waals surface area contributed by atoms with Crippen LogP contribution in [0.5, 0.6) is 0 Å². The summed E-state index contributed by atoms with van der Waals surface area (Å²) in [6.07, 6.45) is 0. The number of benzene rings is 1. The molecule has 0 amide bonds. The molecule has 0 N–H and O–H groups in total. The van der Waals surface area contributed by atoms with E-state index in [1.54, 1.807) is 0 Å². The first-order valence-electron chi connectivity index (χ1n) is 6.51. The van der Waals surface area contributed by atoms with Crippen LogP contribution >= 0.6 is 11.6 Å². The molecule has 18 heavy (non-hydrogen) atoms. The van der Waals surface area contributed by atoms with E-state index in [1.165, 1.54) is 11.4 Å². The van der Waals surface area contributed by atoms with Gasteiger partial charge in [-0.3, -0.25) is 4.90 Å². The summed E-state index contributed by atoms with van der Waals surface area (Å²) in [5.41, 5.74) is 2.57. The average Bonchev–Trinajstić information content (AvgIpc) is 2.40. The molecule has 3 nitrogen and oxygen atoms in total. The molecule has 1 aromatic carbocycles. The fraction of sp³-hybridized carbons (Fsp3) is 0.571. The normalized spacial score (nSPS) is 16.9. The zero-order valence-corrected chi connectivity index (χ0v) is 12.0. The number of nitrogens with zero attached hydrogens (tertiary/aromatic N) is 3. The number of alkyl halides is 1. The third-order valence-corrected chi connectivity index (χ3v) is 3.67. The van der Waals surface area contributed by atoms with Crippen LogP contribution in [-0.4, -0.2) is 57.6 Å². The van der Waals surface area contributed by atoms with Crippen LogP contribution in [0.4, 0.5) is 11.4 Å². The number of anilines is 2. The second-order valence-electron chi connectivity index (χ2n) is 4.93. The van der Waals surface area contributed by atoms with E-state index >= 15 is 0 Å². The highest BCUT2D eigenvalue weighted by Crippen LogP contribution is 2.20. The lowest BCUT2D eigenvalue weighted by atomic mass is 10.2. The van der Waals surface area contributed by atoms with Crippen LogP contribution in [0.25, 0.3) is 0 Å². The molecule has 0 saturated carbocycles. The molecule has 4 heteroatoms. The van der Waals surface area contributed by atoms with E-state index in [0.717, 1.165) is 38.6 Å². The quantitative estimate of drug-likeness (QED) is 0.774. The molecule has 1 aliphatic rings. The Kier molecular flexibility index (Phi) is 4.72. The van der Waals surface area contributed by atoms with Gasteiger partial charge in [0.2, 0.25) is 0 Å². The molecule has 1 aliphatic heterocycles. The summed E-state index contributed by atoms with van der Waals surface area (Å²) in [7, 11) is 4.14. The van der Waals surface area contributed by atoms with Crippen molar-refractivity contribution in [3.63, 3.8) is 0 Å². The lowest BCUT2D eigenvalue weighted by molar-refractivity contribution is 0.272. The SMILES string of the molecule is CN(C)c1ccc(N2CCN(CCCl)CC2)cc1. The van der Waals surface area contributed by atoms with E-state index in [2.05, 4.69) is 53.1 Å². The predicted octanol–water partition coefficient (Wildman–Crippen LogP) is 2.11. The molecule has 100 valence electrons. The Hall–Kier alpha value is -0.930. The fourth-order valence-electron chi connectivity index (χ4n) is 2.31. The van der Waals surface area contributed by atoms with Crippen molar-refractivity contribution in [2.24, 2.45) is 0 Å². The van der Waals surface area contributed by atoms with Crippen LogP contribution in [0, 0.1) is 0 Å². The van der Waals surface area contributed by atoms with Gasteiger partial charge in [0, 0.05) is 64.1 Å². The zero-order chi connectivity index (χ0) is 13.0. The topological polar surface area (TPSA) is 9.72 Å². The Labute approximate surface area is 115 Å². The number of halogens is 1. The molecular formula is C14H22ClN3. The second-order valence-corrected chi connectivity index (χ2v) is 5.31. The van der Waals surface area contributed by atoms with Crippen molar-refractivity contribution < 1.29 is 0 Å². The third-order valence-electron chi connectivity index (χ3n) is 3.50. The first kappa shape index (κ1) is 13.5. The van der Waals surface area contributed by atoms with Crippen molar-refractivity contribution in [2.45, 2.75) is 0 Å². The molecule has 0 radical (unpaired) electrons. The summed E-state index contributed by atoms with van der Waals surface area (Å²) in [5.74, 6) is 0.734. The molecule has 0 atom stereocenters. The van der Waals surface area contributed by atoms with Gasteiger partial charge in [0.05, 0.1) is 0 Å². The van der Waals surface area contributed by atoms with Crippen LogP contribution in [0.1, 0.15) is 0 Å². The summed E-state index contributed by atoms with van der Waals surface area (Å²) in [4.78, 5) is 7.00. The monoisotopic (exact) mass is 267 g/mol. The molecular weight excluding hydrogens is 246 g/mol. The van der Waals surface area contributed by atoms with Gasteiger partial charge >= 0.3 is 0 Å². The van der Waals surface area contributed by atoms with Gasteiger partial charge in [-0.25, -0.2) is 0 Å². The van der Waals surface area contributed by atoms with E-state index in [9.17, 15) is 0 Å². The Morgan fingerprint density at radius 3 is 2.17 bits per heavy atom. The summed E-state index contributed by atoms with van der Waals surface area (Å²) < 4.78 is 0. The van der Waals surface area contributed by atoms with E-state index in [-0.39, 0.29) is 0 Å². The van der Waals surface area contributed by atoms with Gasteiger partial charge < -0.3 is 9.80 Å². The summed E-state index contributed by atoms with van der Waals surface area (Å²) >= 11 is 5.78. The van der Waals surface area contributed by atoms with Crippen LogP contribution in [0.2, 0.25) is 0 Å². The number of piperazine rings is 1. The minimum atomic E-state index is 0.734. The maximum Gasteiger partial charge on any atom is 0.0368 e. The van der Waals surface area contributed by atoms with Gasteiger partial charge in [0.25, 0.3) is 0 Å². The highest BCUT2D eigenvalue weighted by Gasteiger charge is 2.16. The summed E-state index contributed by atoms with van der Waals surface area (Å²) in [6.45, 7) is 5.43. The molecule has 1 saturated heterocycles. The van der Waals surface area contributed by atoms with Gasteiger partial charge in [-0.1, -0.05) is 0 Å². The van der Waals surface area contributed by atoms with E-state index in [4.69, 9.17) is 11.6 Å². The Bertz CT molecular complexity index is 356. The Morgan fingerprint density at radius 2 is 1.67 bits per heavy atom. The van der Waals surface area contributed by atoms with Gasteiger partial charge in [0.1, 0.15) is 0 Å². The highest BCUT2D eigenvalue weighted by atomic mass is 35.5. The van der Waals surface area contributed by atoms with Gasteiger partial charge in [-0.05, 0) is 24.3 Å². The lowest BCUT2D eigenvalue weighted by Gasteiger charge is -2.35. The van der Waals surface area contributed by atoms with Crippen LogP contribution in [-0.2, 0) is 0 Å². The number of hydrogen-bond acceptors (Lipinski definition) is 3. The third kappa shape index (κ3) is 3.30. The first-order valence-corrected chi connectivity index (χ1v) is 7.05. The Balaban J connectivity index is 1.93. The molecule has 0 unspecified atom stereocenters. The van der Waals surface area contributed by atoms with Gasteiger partial charge in [0.15, 0.2) is 0 Å². The van der Waals surface area contributed by atoms with Crippen molar-refractivity contribution in [3.8, 4) is 0 Å². The molecule has 0 spiro atoms. The Morgan fingerprint density at radius 1 is 1.06 bits per heavy atom. The van der Waals surface area contributed by atoms with Crippen LogP contribution in [0.15, 0.2) is 24.3 Å². The van der Waals surface area contributed by atoms with E-state index in [1.807, 2.05) is 0 Å². The first-order chi connectivity index (χ1) is 8.70. The van der Waals surface area contributed by atoms with Gasteiger partial charge in [-0.2, -0.15) is 0 Å². The number of rotatable bonds is 4. The standard InChI is InChI=1S/C14H22ClN3/c1-16(2)13-3-5-14(6-4-13)18-11-9-17(8-7-15)10-12-18/h3-6H,7-12H2,1-2H3. The number of hydrogen-bond donors (Lipinski definition) is 0. The molecule has 1 aromatic rings. The molecule has 1 heterocycles. The van der Waals surface area contributed by atoms with Crippen molar-refractivity contribution in [2.75, 3.05) is 62.5 Å². The summed E-state index contributed by atoms with van der Waals surface area (Å²) in [6, 6.07) is 8.79. The highest BCUT2D eigenvalue weighted by molar-refractivity contribution is 6.18. The van der Waals surface area contributed by atoms with Crippen molar-refractivity contribution in [3.05, 3.63) is 24.3 Å². The minimum Gasteiger partial charge on any atom is -0.378 e. The average molecular weight is 268 g/mol. The molecule has 0 aromatic heterocycles. The molecule has 0 aliphatic carbocycles. The lowest BCUT2D eigenvalue weighted by Crippen LogP contribution is -2.46. The predicted molar refractivity (Wildman–Crippen MR) is 80.1 cm³/mol. The van der Waals surface area contributed by atoms with Crippen molar-refractivity contribution in [1.82, 2.24) is 4.90 Å². The molecule has 0 bridgehead atoms. The second kappa shape index (κ2) is 6.30. The molecule has 2 rings (SSSR count). The van der Waals surface area contributed by atoms with E-state index < -0.39 is 0 Å². The zero-order valence-electron chi connectivity index (χ0n) is 11.3. The minimum absolute atomic E-state index is 0.734. The fourth-order valence-corrected chi connectivity index (χ4v) is 2.55. The smallest absolute Gasteiger partial charge is 0.0368 e.